The van der Waals surface area contributed by atoms with Gasteiger partial charge < -0.3 is 10.2 Å². The van der Waals surface area contributed by atoms with Gasteiger partial charge in [0.15, 0.2) is 0 Å². The number of para-hydroxylation sites is 1. The van der Waals surface area contributed by atoms with Crippen molar-refractivity contribution in [2.45, 2.75) is 39.2 Å². The second-order valence-electron chi connectivity index (χ2n) is 7.55. The molecule has 1 amide bonds. The molecule has 0 bridgehead atoms. The highest BCUT2D eigenvalue weighted by Crippen LogP contribution is 2.33. The lowest BCUT2D eigenvalue weighted by atomic mass is 10.0. The molecule has 3 aromatic rings. The van der Waals surface area contributed by atoms with Gasteiger partial charge in [0.1, 0.15) is 0 Å². The van der Waals surface area contributed by atoms with E-state index in [1.807, 2.05) is 35.2 Å². The lowest BCUT2D eigenvalue weighted by molar-refractivity contribution is 0.0981. The van der Waals surface area contributed by atoms with Gasteiger partial charge in [-0.05, 0) is 48.6 Å². The zero-order valence-electron chi connectivity index (χ0n) is 16.4. The summed E-state index contributed by atoms with van der Waals surface area (Å²) in [6.07, 6.45) is 4.05. The highest BCUT2D eigenvalue weighted by Gasteiger charge is 2.31. The Morgan fingerprint density at radius 1 is 1.07 bits per heavy atom. The molecular formula is C23H24N4O. The van der Waals surface area contributed by atoms with Crippen LogP contribution >= 0.6 is 0 Å². The van der Waals surface area contributed by atoms with Crippen molar-refractivity contribution < 1.29 is 4.79 Å². The highest BCUT2D eigenvalue weighted by molar-refractivity contribution is 6.07. The maximum Gasteiger partial charge on any atom is 0.261 e. The standard InChI is InChI=1S/C23H24N4O/c1-15(2)17-8-10-20(11-9-17)26-23-24-13-19(14-25-23)22(28)27-16(3)12-18-6-4-5-7-21(18)27/h4-11,13-16H,12H2,1-3H3,(H,24,25,26). The van der Waals surface area contributed by atoms with Crippen LogP contribution in [0.3, 0.4) is 0 Å². The number of benzene rings is 2. The second-order valence-corrected chi connectivity index (χ2v) is 7.55. The number of nitrogens with one attached hydrogen (secondary N) is 1. The molecule has 1 unspecified atom stereocenters. The van der Waals surface area contributed by atoms with Crippen LogP contribution in [-0.2, 0) is 6.42 Å². The van der Waals surface area contributed by atoms with Gasteiger partial charge in [-0.1, -0.05) is 44.2 Å². The number of carbonyl (C=O) groups excluding carboxylic acids is 1. The Balaban J connectivity index is 1.49. The van der Waals surface area contributed by atoms with Gasteiger partial charge in [-0.2, -0.15) is 0 Å². The van der Waals surface area contributed by atoms with E-state index in [1.54, 1.807) is 12.4 Å². The number of anilines is 3. The molecule has 0 saturated heterocycles. The Kier molecular flexibility index (Phi) is 4.82. The van der Waals surface area contributed by atoms with Gasteiger partial charge in [0.2, 0.25) is 5.95 Å². The number of hydrogen-bond acceptors (Lipinski definition) is 4. The van der Waals surface area contributed by atoms with Crippen LogP contribution in [0.1, 0.15) is 48.2 Å². The summed E-state index contributed by atoms with van der Waals surface area (Å²) in [5.74, 6) is 0.905. The van der Waals surface area contributed by atoms with Crippen LogP contribution in [0.15, 0.2) is 60.9 Å². The Labute approximate surface area is 165 Å². The van der Waals surface area contributed by atoms with Crippen molar-refractivity contribution in [2.24, 2.45) is 0 Å². The fourth-order valence-electron chi connectivity index (χ4n) is 3.60. The molecule has 1 aromatic heterocycles. The number of hydrogen-bond donors (Lipinski definition) is 1. The van der Waals surface area contributed by atoms with Gasteiger partial charge in [0.05, 0.1) is 5.56 Å². The SMILES string of the molecule is CC(C)c1ccc(Nc2ncc(C(=O)N3c4ccccc4CC3C)cn2)cc1. The fourth-order valence-corrected chi connectivity index (χ4v) is 3.60. The first-order chi connectivity index (χ1) is 13.5. The smallest absolute Gasteiger partial charge is 0.261 e. The molecular weight excluding hydrogens is 348 g/mol. The van der Waals surface area contributed by atoms with Crippen LogP contribution < -0.4 is 10.2 Å². The molecule has 1 atom stereocenters. The minimum atomic E-state index is -0.0645. The Morgan fingerprint density at radius 3 is 2.43 bits per heavy atom. The molecule has 2 heterocycles. The number of fused-ring (bicyclic) bond motifs is 1. The van der Waals surface area contributed by atoms with E-state index in [4.69, 9.17) is 0 Å². The van der Waals surface area contributed by atoms with E-state index in [2.05, 4.69) is 54.3 Å². The molecule has 5 nitrogen and oxygen atoms in total. The van der Waals surface area contributed by atoms with E-state index in [1.165, 1.54) is 11.1 Å². The van der Waals surface area contributed by atoms with E-state index < -0.39 is 0 Å². The maximum atomic E-state index is 13.0. The van der Waals surface area contributed by atoms with E-state index >= 15 is 0 Å². The van der Waals surface area contributed by atoms with Gasteiger partial charge in [0, 0.05) is 29.8 Å². The largest absolute Gasteiger partial charge is 0.324 e. The van der Waals surface area contributed by atoms with Crippen LogP contribution in [0.25, 0.3) is 0 Å². The first-order valence-corrected chi connectivity index (χ1v) is 9.63. The third kappa shape index (κ3) is 3.48. The monoisotopic (exact) mass is 372 g/mol. The first kappa shape index (κ1) is 18.2. The molecule has 28 heavy (non-hydrogen) atoms. The molecule has 0 spiro atoms. The molecule has 1 N–H and O–H groups in total. The topological polar surface area (TPSA) is 58.1 Å². The first-order valence-electron chi connectivity index (χ1n) is 9.63. The van der Waals surface area contributed by atoms with Crippen molar-refractivity contribution in [3.8, 4) is 0 Å². The molecule has 2 aromatic carbocycles. The Bertz CT molecular complexity index is 980. The van der Waals surface area contributed by atoms with Crippen LogP contribution in [0.2, 0.25) is 0 Å². The van der Waals surface area contributed by atoms with Crippen molar-refractivity contribution in [1.29, 1.82) is 0 Å². The number of aromatic nitrogens is 2. The molecule has 1 aliphatic heterocycles. The third-order valence-corrected chi connectivity index (χ3v) is 5.16. The highest BCUT2D eigenvalue weighted by atomic mass is 16.2. The third-order valence-electron chi connectivity index (χ3n) is 5.16. The normalized spacial score (nSPS) is 15.6. The van der Waals surface area contributed by atoms with Crippen LogP contribution in [0, 0.1) is 0 Å². The Hall–Kier alpha value is -3.21. The van der Waals surface area contributed by atoms with Crippen molar-refractivity contribution in [1.82, 2.24) is 9.97 Å². The van der Waals surface area contributed by atoms with Crippen molar-refractivity contribution in [2.75, 3.05) is 10.2 Å². The molecule has 0 saturated carbocycles. The zero-order valence-corrected chi connectivity index (χ0v) is 16.4. The molecule has 0 radical (unpaired) electrons. The van der Waals surface area contributed by atoms with E-state index in [9.17, 15) is 4.79 Å². The van der Waals surface area contributed by atoms with Crippen molar-refractivity contribution in [3.05, 3.63) is 77.6 Å². The summed E-state index contributed by atoms with van der Waals surface area (Å²) in [6, 6.07) is 16.4. The summed E-state index contributed by atoms with van der Waals surface area (Å²) in [7, 11) is 0. The van der Waals surface area contributed by atoms with Gasteiger partial charge in [-0.15, -0.1) is 0 Å². The summed E-state index contributed by atoms with van der Waals surface area (Å²) in [6.45, 7) is 6.40. The summed E-state index contributed by atoms with van der Waals surface area (Å²) in [4.78, 5) is 23.5. The van der Waals surface area contributed by atoms with Crippen LogP contribution in [0.4, 0.5) is 17.3 Å². The van der Waals surface area contributed by atoms with E-state index in [0.717, 1.165) is 17.8 Å². The van der Waals surface area contributed by atoms with E-state index in [0.29, 0.717) is 17.4 Å². The second kappa shape index (κ2) is 7.43. The van der Waals surface area contributed by atoms with Crippen LogP contribution in [0.5, 0.6) is 0 Å². The maximum absolute atomic E-state index is 13.0. The Morgan fingerprint density at radius 2 is 1.75 bits per heavy atom. The lowest BCUT2D eigenvalue weighted by Gasteiger charge is -2.22. The molecule has 0 aliphatic carbocycles. The van der Waals surface area contributed by atoms with Gasteiger partial charge >= 0.3 is 0 Å². The molecule has 5 heteroatoms. The van der Waals surface area contributed by atoms with Crippen molar-refractivity contribution >= 4 is 23.2 Å². The summed E-state index contributed by atoms with van der Waals surface area (Å²) in [5, 5.41) is 3.18. The molecule has 4 rings (SSSR count). The van der Waals surface area contributed by atoms with Crippen molar-refractivity contribution in [3.63, 3.8) is 0 Å². The molecule has 142 valence electrons. The van der Waals surface area contributed by atoms with Crippen LogP contribution in [-0.4, -0.2) is 21.9 Å². The molecule has 0 fully saturated rings. The minimum absolute atomic E-state index is 0.0645. The predicted octanol–water partition coefficient (Wildman–Crippen LogP) is 4.94. The lowest BCUT2D eigenvalue weighted by Crippen LogP contribution is -2.35. The van der Waals surface area contributed by atoms with Gasteiger partial charge in [-0.25, -0.2) is 9.97 Å². The summed E-state index contributed by atoms with van der Waals surface area (Å²) in [5.41, 5.74) is 4.88. The fraction of sp³-hybridized carbons (Fsp3) is 0.261. The predicted molar refractivity (Wildman–Crippen MR) is 112 cm³/mol. The number of carbonyl (C=O) groups is 1. The summed E-state index contributed by atoms with van der Waals surface area (Å²) >= 11 is 0. The minimum Gasteiger partial charge on any atom is -0.324 e. The number of nitrogens with zero attached hydrogens (tertiary/aromatic N) is 3. The zero-order chi connectivity index (χ0) is 19.7. The number of rotatable bonds is 4. The van der Waals surface area contributed by atoms with E-state index in [-0.39, 0.29) is 11.9 Å². The van der Waals surface area contributed by atoms with Gasteiger partial charge in [-0.3, -0.25) is 4.79 Å². The quantitative estimate of drug-likeness (QED) is 0.705. The number of amides is 1. The average Bonchev–Trinajstić information content (AvgIpc) is 3.04. The average molecular weight is 372 g/mol. The van der Waals surface area contributed by atoms with Gasteiger partial charge in [0.25, 0.3) is 5.91 Å². The molecule has 1 aliphatic rings. The summed E-state index contributed by atoms with van der Waals surface area (Å²) < 4.78 is 0.